The lowest BCUT2D eigenvalue weighted by Gasteiger charge is -2.11. The molecule has 2 aromatic carbocycles. The molecular weight excluding hydrogens is 446 g/mol. The second-order valence-electron chi connectivity index (χ2n) is 7.59. The molecule has 0 saturated carbocycles. The minimum Gasteiger partial charge on any atom is -0.494 e. The van der Waals surface area contributed by atoms with Crippen LogP contribution in [0.1, 0.15) is 29.3 Å². The Morgan fingerprint density at radius 1 is 1.15 bits per heavy atom. The van der Waals surface area contributed by atoms with Gasteiger partial charge in [0, 0.05) is 24.3 Å². The number of hydrogen-bond donors (Lipinski definition) is 2. The number of aromatic nitrogens is 4. The largest absolute Gasteiger partial charge is 0.494 e. The first-order valence-electron chi connectivity index (χ1n) is 10.6. The molecule has 34 heavy (non-hydrogen) atoms. The van der Waals surface area contributed by atoms with Crippen LogP contribution in [0, 0.1) is 11.6 Å². The van der Waals surface area contributed by atoms with Crippen LogP contribution in [-0.4, -0.2) is 39.1 Å². The molecule has 174 valence electrons. The Morgan fingerprint density at radius 2 is 1.94 bits per heavy atom. The first-order chi connectivity index (χ1) is 16.5. The number of imidazole rings is 1. The van der Waals surface area contributed by atoms with Gasteiger partial charge in [-0.3, -0.25) is 9.36 Å². The quantitative estimate of drug-likeness (QED) is 0.425. The summed E-state index contributed by atoms with van der Waals surface area (Å²) in [6.45, 7) is 3.04. The summed E-state index contributed by atoms with van der Waals surface area (Å²) in [4.78, 5) is 25.1. The predicted octanol–water partition coefficient (Wildman–Crippen LogP) is 3.96. The van der Waals surface area contributed by atoms with E-state index in [1.54, 1.807) is 23.0 Å². The first-order valence-corrected chi connectivity index (χ1v) is 10.6. The molecule has 0 radical (unpaired) electrons. The average molecular weight is 466 g/mol. The molecule has 9 nitrogen and oxygen atoms in total. The van der Waals surface area contributed by atoms with Gasteiger partial charge in [-0.2, -0.15) is 18.7 Å². The van der Waals surface area contributed by atoms with Crippen LogP contribution in [0.5, 0.6) is 17.5 Å². The normalized spacial score (nSPS) is 12.5. The lowest BCUT2D eigenvalue weighted by atomic mass is 10.1. The number of halogens is 2. The van der Waals surface area contributed by atoms with Gasteiger partial charge in [0.05, 0.1) is 7.11 Å². The van der Waals surface area contributed by atoms with Gasteiger partial charge in [0.2, 0.25) is 11.6 Å². The van der Waals surface area contributed by atoms with Crippen molar-refractivity contribution in [1.82, 2.24) is 24.8 Å². The zero-order valence-corrected chi connectivity index (χ0v) is 18.4. The van der Waals surface area contributed by atoms with Crippen molar-refractivity contribution in [2.24, 2.45) is 0 Å². The van der Waals surface area contributed by atoms with Gasteiger partial charge in [0.1, 0.15) is 6.33 Å². The number of methoxy groups -OCH3 is 1. The number of amides is 1. The van der Waals surface area contributed by atoms with E-state index < -0.39 is 11.6 Å². The number of ether oxygens (including phenoxy) is 2. The van der Waals surface area contributed by atoms with Gasteiger partial charge in [-0.15, -0.1) is 0 Å². The van der Waals surface area contributed by atoms with Crippen molar-refractivity contribution in [3.8, 4) is 23.2 Å². The third-order valence-electron chi connectivity index (χ3n) is 5.40. The maximum absolute atomic E-state index is 14.5. The van der Waals surface area contributed by atoms with E-state index in [0.717, 1.165) is 17.7 Å². The van der Waals surface area contributed by atoms with Crippen molar-refractivity contribution in [3.05, 3.63) is 59.4 Å². The van der Waals surface area contributed by atoms with Gasteiger partial charge < -0.3 is 20.1 Å². The topological polar surface area (TPSA) is 103 Å². The van der Waals surface area contributed by atoms with E-state index in [4.69, 9.17) is 9.47 Å². The molecule has 0 fully saturated rings. The Bertz CT molecular complexity index is 1420. The summed E-state index contributed by atoms with van der Waals surface area (Å²) < 4.78 is 40.7. The molecular formula is C23H20F2N6O3. The molecule has 0 aliphatic carbocycles. The Labute approximate surface area is 192 Å². The molecule has 1 amide bonds. The standard InChI is InChI=1S/C23H20F2N6O3/c1-3-8-26-20-19-21(30-23(29-20)34-16-7-6-15(33-2)17(24)18(16)25)31(11-28-19)13-4-5-14-12(9-13)10-27-22(14)32/h4-7,9,11H,3,8,10H2,1-2H3,(H,27,32)(H,26,29,30). The number of nitrogens with zero attached hydrogens (tertiary/aromatic N) is 4. The van der Waals surface area contributed by atoms with E-state index >= 15 is 0 Å². The minimum absolute atomic E-state index is 0.116. The smallest absolute Gasteiger partial charge is 0.326 e. The van der Waals surface area contributed by atoms with Gasteiger partial charge in [-0.1, -0.05) is 6.92 Å². The van der Waals surface area contributed by atoms with Crippen LogP contribution in [0.15, 0.2) is 36.7 Å². The highest BCUT2D eigenvalue weighted by atomic mass is 19.2. The van der Waals surface area contributed by atoms with Crippen molar-refractivity contribution in [1.29, 1.82) is 0 Å². The van der Waals surface area contributed by atoms with Crippen molar-refractivity contribution < 1.29 is 23.0 Å². The van der Waals surface area contributed by atoms with Crippen molar-refractivity contribution in [3.63, 3.8) is 0 Å². The average Bonchev–Trinajstić information content (AvgIpc) is 3.44. The zero-order valence-electron chi connectivity index (χ0n) is 18.4. The van der Waals surface area contributed by atoms with Crippen LogP contribution in [0.3, 0.4) is 0 Å². The van der Waals surface area contributed by atoms with Gasteiger partial charge >= 0.3 is 6.01 Å². The second kappa shape index (κ2) is 8.58. The van der Waals surface area contributed by atoms with Crippen LogP contribution in [-0.2, 0) is 6.54 Å². The highest BCUT2D eigenvalue weighted by molar-refractivity contribution is 5.98. The number of carbonyl (C=O) groups excluding carboxylic acids is 1. The van der Waals surface area contributed by atoms with E-state index in [1.807, 2.05) is 13.0 Å². The molecule has 0 atom stereocenters. The van der Waals surface area contributed by atoms with Gasteiger partial charge in [-0.25, -0.2) is 4.98 Å². The highest BCUT2D eigenvalue weighted by Gasteiger charge is 2.22. The predicted molar refractivity (Wildman–Crippen MR) is 120 cm³/mol. The van der Waals surface area contributed by atoms with Crippen LogP contribution in [0.4, 0.5) is 14.6 Å². The third-order valence-corrected chi connectivity index (χ3v) is 5.40. The van der Waals surface area contributed by atoms with Crippen molar-refractivity contribution in [2.45, 2.75) is 19.9 Å². The summed E-state index contributed by atoms with van der Waals surface area (Å²) in [6, 6.07) is 7.70. The fourth-order valence-electron chi connectivity index (χ4n) is 3.70. The van der Waals surface area contributed by atoms with Crippen LogP contribution in [0.2, 0.25) is 0 Å². The number of hydrogen-bond acceptors (Lipinski definition) is 7. The lowest BCUT2D eigenvalue weighted by Crippen LogP contribution is -2.12. The van der Waals surface area contributed by atoms with Crippen molar-refractivity contribution >= 4 is 22.9 Å². The molecule has 1 aliphatic heterocycles. The molecule has 1 aliphatic rings. The fourth-order valence-corrected chi connectivity index (χ4v) is 3.70. The Balaban J connectivity index is 1.60. The molecule has 5 rings (SSSR count). The molecule has 4 aromatic rings. The summed E-state index contributed by atoms with van der Waals surface area (Å²) >= 11 is 0. The zero-order chi connectivity index (χ0) is 23.8. The van der Waals surface area contributed by atoms with Gasteiger partial charge in [-0.05, 0) is 42.3 Å². The molecule has 11 heteroatoms. The highest BCUT2D eigenvalue weighted by Crippen LogP contribution is 2.32. The summed E-state index contributed by atoms with van der Waals surface area (Å²) in [7, 11) is 1.24. The van der Waals surface area contributed by atoms with E-state index in [9.17, 15) is 13.6 Å². The van der Waals surface area contributed by atoms with Crippen LogP contribution in [0.25, 0.3) is 16.9 Å². The minimum atomic E-state index is -1.21. The van der Waals surface area contributed by atoms with E-state index in [2.05, 4.69) is 25.6 Å². The summed E-state index contributed by atoms with van der Waals surface area (Å²) in [5, 5.41) is 5.96. The van der Waals surface area contributed by atoms with Crippen molar-refractivity contribution in [2.75, 3.05) is 19.0 Å². The first kappa shape index (κ1) is 21.6. The molecule has 0 unspecified atom stereocenters. The summed E-state index contributed by atoms with van der Waals surface area (Å²) in [6.07, 6.45) is 2.41. The molecule has 3 heterocycles. The maximum atomic E-state index is 14.5. The summed E-state index contributed by atoms with van der Waals surface area (Å²) in [5.74, 6) is -2.73. The van der Waals surface area contributed by atoms with E-state index in [0.29, 0.717) is 35.6 Å². The second-order valence-corrected chi connectivity index (χ2v) is 7.59. The van der Waals surface area contributed by atoms with Crippen LogP contribution < -0.4 is 20.1 Å². The number of fused-ring (bicyclic) bond motifs is 2. The molecule has 0 saturated heterocycles. The Hall–Kier alpha value is -4.28. The van der Waals surface area contributed by atoms with E-state index in [-0.39, 0.29) is 23.4 Å². The molecule has 0 bridgehead atoms. The van der Waals surface area contributed by atoms with Crippen LogP contribution >= 0.6 is 0 Å². The fraction of sp³-hybridized carbons (Fsp3) is 0.217. The number of nitrogens with one attached hydrogen (secondary N) is 2. The van der Waals surface area contributed by atoms with Gasteiger partial charge in [0.25, 0.3) is 5.91 Å². The van der Waals surface area contributed by atoms with Gasteiger partial charge in [0.15, 0.2) is 28.5 Å². The monoisotopic (exact) mass is 466 g/mol. The number of anilines is 1. The molecule has 0 spiro atoms. The number of benzene rings is 2. The SMILES string of the molecule is CCCNc1nc(Oc2ccc(OC)c(F)c2F)nc2c1ncn2-c1ccc2c(c1)CNC2=O. The number of carbonyl (C=O) groups is 1. The Kier molecular flexibility index (Phi) is 5.44. The summed E-state index contributed by atoms with van der Waals surface area (Å²) in [5.41, 5.74) is 3.08. The lowest BCUT2D eigenvalue weighted by molar-refractivity contribution is 0.0965. The molecule has 2 aromatic heterocycles. The number of rotatable bonds is 7. The Morgan fingerprint density at radius 3 is 2.74 bits per heavy atom. The maximum Gasteiger partial charge on any atom is 0.326 e. The van der Waals surface area contributed by atoms with E-state index in [1.165, 1.54) is 19.2 Å². The molecule has 2 N–H and O–H groups in total. The third kappa shape index (κ3) is 3.64.